The molecule has 1 atom stereocenters. The van der Waals surface area contributed by atoms with E-state index in [0.717, 1.165) is 34.2 Å². The van der Waals surface area contributed by atoms with Gasteiger partial charge in [-0.15, -0.1) is 0 Å². The Labute approximate surface area is 161 Å². The van der Waals surface area contributed by atoms with Crippen molar-refractivity contribution in [2.45, 2.75) is 12.7 Å². The number of aliphatic hydroxyl groups is 1. The minimum atomic E-state index is -0.620. The molecule has 4 nitrogen and oxygen atoms in total. The Kier molecular flexibility index (Phi) is 6.82. The first kappa shape index (κ1) is 19.4. The molecule has 0 aliphatic carbocycles. The van der Waals surface area contributed by atoms with Crippen molar-refractivity contribution >= 4 is 10.8 Å². The van der Waals surface area contributed by atoms with Crippen LogP contribution in [0.5, 0.6) is 5.75 Å². The van der Waals surface area contributed by atoms with Crippen LogP contribution in [0.3, 0.4) is 0 Å². The third kappa shape index (κ3) is 5.79. The number of hydrogen-bond donors (Lipinski definition) is 1. The molecule has 0 aliphatic rings. The van der Waals surface area contributed by atoms with Crippen LogP contribution in [0.15, 0.2) is 66.7 Å². The van der Waals surface area contributed by atoms with Gasteiger partial charge in [0.15, 0.2) is 0 Å². The maximum Gasteiger partial charge on any atom is 0.120 e. The first-order valence-corrected chi connectivity index (χ1v) is 9.23. The van der Waals surface area contributed by atoms with Crippen molar-refractivity contribution in [1.82, 2.24) is 4.90 Å². The molecule has 3 aromatic carbocycles. The lowest BCUT2D eigenvalue weighted by atomic mass is 10.0. The van der Waals surface area contributed by atoms with Crippen molar-refractivity contribution in [2.24, 2.45) is 0 Å². The molecular formula is C23H27NO3. The van der Waals surface area contributed by atoms with Crippen LogP contribution in [-0.4, -0.2) is 43.9 Å². The number of benzene rings is 3. The average molecular weight is 365 g/mol. The van der Waals surface area contributed by atoms with Gasteiger partial charge < -0.3 is 19.5 Å². The number of fused-ring (bicyclic) bond motifs is 1. The predicted octanol–water partition coefficient (Wildman–Crippen LogP) is 4.03. The van der Waals surface area contributed by atoms with E-state index < -0.39 is 6.10 Å². The lowest BCUT2D eigenvalue weighted by molar-refractivity contribution is 0.0307. The van der Waals surface area contributed by atoms with Gasteiger partial charge in [0, 0.05) is 6.54 Å². The largest absolute Gasteiger partial charge is 0.489 e. The molecule has 27 heavy (non-hydrogen) atoms. The highest BCUT2D eigenvalue weighted by molar-refractivity contribution is 5.84. The van der Waals surface area contributed by atoms with Gasteiger partial charge in [0.1, 0.15) is 18.5 Å². The second kappa shape index (κ2) is 9.51. The Balaban J connectivity index is 1.60. The molecule has 0 saturated carbocycles. The van der Waals surface area contributed by atoms with E-state index in [1.54, 1.807) is 0 Å². The Hall–Kier alpha value is -2.40. The normalized spacial score (nSPS) is 12.4. The first-order chi connectivity index (χ1) is 13.1. The molecule has 0 heterocycles. The minimum Gasteiger partial charge on any atom is -0.489 e. The lowest BCUT2D eigenvalue weighted by Gasteiger charge is -2.14. The molecule has 0 bridgehead atoms. The monoisotopic (exact) mass is 365 g/mol. The molecule has 4 heteroatoms. The standard InChI is InChI=1S/C23H27NO3/c1-24(2)12-13-26-17-23(25)21-9-8-20-15-22(11-10-19(20)14-21)27-16-18-6-4-3-5-7-18/h3-11,14-15,23,25H,12-13,16-17H2,1-2H3. The highest BCUT2D eigenvalue weighted by Gasteiger charge is 2.09. The molecule has 1 unspecified atom stereocenters. The molecule has 3 rings (SSSR count). The summed E-state index contributed by atoms with van der Waals surface area (Å²) in [6, 6.07) is 22.1. The number of nitrogens with zero attached hydrogens (tertiary/aromatic N) is 1. The maximum atomic E-state index is 10.3. The fourth-order valence-electron chi connectivity index (χ4n) is 2.82. The first-order valence-electron chi connectivity index (χ1n) is 9.23. The topological polar surface area (TPSA) is 41.9 Å². The van der Waals surface area contributed by atoms with Gasteiger partial charge in [0.25, 0.3) is 0 Å². The summed E-state index contributed by atoms with van der Waals surface area (Å²) in [5.74, 6) is 0.840. The van der Waals surface area contributed by atoms with Gasteiger partial charge in [-0.1, -0.05) is 48.5 Å². The summed E-state index contributed by atoms with van der Waals surface area (Å²) >= 11 is 0. The van der Waals surface area contributed by atoms with Crippen LogP contribution >= 0.6 is 0 Å². The van der Waals surface area contributed by atoms with Crippen LogP contribution in [0, 0.1) is 0 Å². The summed E-state index contributed by atoms with van der Waals surface area (Å²) in [6.07, 6.45) is -0.620. The predicted molar refractivity (Wildman–Crippen MR) is 109 cm³/mol. The molecule has 0 aromatic heterocycles. The highest BCUT2D eigenvalue weighted by atomic mass is 16.5. The summed E-state index contributed by atoms with van der Waals surface area (Å²) in [6.45, 7) is 2.31. The summed E-state index contributed by atoms with van der Waals surface area (Å²) in [4.78, 5) is 2.06. The van der Waals surface area contributed by atoms with Gasteiger partial charge in [-0.25, -0.2) is 0 Å². The van der Waals surface area contributed by atoms with E-state index in [4.69, 9.17) is 9.47 Å². The molecular weight excluding hydrogens is 338 g/mol. The van der Waals surface area contributed by atoms with Crippen LogP contribution in [0.25, 0.3) is 10.8 Å². The molecule has 142 valence electrons. The molecule has 0 spiro atoms. The van der Waals surface area contributed by atoms with Gasteiger partial charge in [-0.2, -0.15) is 0 Å². The van der Waals surface area contributed by atoms with Crippen molar-refractivity contribution in [3.05, 3.63) is 77.9 Å². The molecule has 1 N–H and O–H groups in total. The molecule has 0 radical (unpaired) electrons. The smallest absolute Gasteiger partial charge is 0.120 e. The van der Waals surface area contributed by atoms with Crippen molar-refractivity contribution in [3.63, 3.8) is 0 Å². The van der Waals surface area contributed by atoms with Gasteiger partial charge in [-0.3, -0.25) is 0 Å². The zero-order chi connectivity index (χ0) is 19.1. The van der Waals surface area contributed by atoms with Crippen LogP contribution in [-0.2, 0) is 11.3 Å². The zero-order valence-electron chi connectivity index (χ0n) is 16.0. The summed E-state index contributed by atoms with van der Waals surface area (Å²) < 4.78 is 11.4. The Morgan fingerprint density at radius 3 is 2.44 bits per heavy atom. The molecule has 0 amide bonds. The van der Waals surface area contributed by atoms with Crippen molar-refractivity contribution in [2.75, 3.05) is 33.9 Å². The van der Waals surface area contributed by atoms with E-state index in [-0.39, 0.29) is 0 Å². The number of likely N-dealkylation sites (N-methyl/N-ethyl adjacent to an activating group) is 1. The highest BCUT2D eigenvalue weighted by Crippen LogP contribution is 2.25. The van der Waals surface area contributed by atoms with E-state index >= 15 is 0 Å². The fourth-order valence-corrected chi connectivity index (χ4v) is 2.82. The van der Waals surface area contributed by atoms with Crippen molar-refractivity contribution in [3.8, 4) is 5.75 Å². The van der Waals surface area contributed by atoms with E-state index in [9.17, 15) is 5.11 Å². The van der Waals surface area contributed by atoms with Crippen LogP contribution < -0.4 is 4.74 Å². The minimum absolute atomic E-state index is 0.303. The summed E-state index contributed by atoms with van der Waals surface area (Å²) in [7, 11) is 4.00. The third-order valence-corrected chi connectivity index (χ3v) is 4.43. The lowest BCUT2D eigenvalue weighted by Crippen LogP contribution is -2.19. The van der Waals surface area contributed by atoms with E-state index in [1.807, 2.05) is 68.7 Å². The number of ether oxygens (including phenoxy) is 2. The Morgan fingerprint density at radius 1 is 0.926 bits per heavy atom. The van der Waals surface area contributed by atoms with Crippen LogP contribution in [0.2, 0.25) is 0 Å². The summed E-state index contributed by atoms with van der Waals surface area (Å²) in [5.41, 5.74) is 2.01. The molecule has 0 saturated heterocycles. The SMILES string of the molecule is CN(C)CCOCC(O)c1ccc2cc(OCc3ccccc3)ccc2c1. The van der Waals surface area contributed by atoms with Crippen molar-refractivity contribution in [1.29, 1.82) is 0 Å². The van der Waals surface area contributed by atoms with Crippen molar-refractivity contribution < 1.29 is 14.6 Å². The molecule has 3 aromatic rings. The second-order valence-corrected chi connectivity index (χ2v) is 6.94. The van der Waals surface area contributed by atoms with Crippen LogP contribution in [0.1, 0.15) is 17.2 Å². The van der Waals surface area contributed by atoms with Gasteiger partial charge >= 0.3 is 0 Å². The van der Waals surface area contributed by atoms with E-state index in [1.165, 1.54) is 0 Å². The van der Waals surface area contributed by atoms with Gasteiger partial charge in [0.05, 0.1) is 13.2 Å². The second-order valence-electron chi connectivity index (χ2n) is 6.94. The molecule has 0 fully saturated rings. The van der Waals surface area contributed by atoms with Gasteiger partial charge in [0.2, 0.25) is 0 Å². The fraction of sp³-hybridized carbons (Fsp3) is 0.304. The average Bonchev–Trinajstić information content (AvgIpc) is 2.69. The Morgan fingerprint density at radius 2 is 1.67 bits per heavy atom. The summed E-state index contributed by atoms with van der Waals surface area (Å²) in [5, 5.41) is 12.5. The third-order valence-electron chi connectivity index (χ3n) is 4.43. The zero-order valence-corrected chi connectivity index (χ0v) is 16.0. The van der Waals surface area contributed by atoms with E-state index in [2.05, 4.69) is 17.0 Å². The number of aliphatic hydroxyl groups excluding tert-OH is 1. The number of hydrogen-bond acceptors (Lipinski definition) is 4. The van der Waals surface area contributed by atoms with Gasteiger partial charge in [-0.05, 0) is 54.2 Å². The number of rotatable bonds is 9. The molecule has 0 aliphatic heterocycles. The Bertz CT molecular complexity index is 849. The quantitative estimate of drug-likeness (QED) is 0.581. The maximum absolute atomic E-state index is 10.3. The van der Waals surface area contributed by atoms with Crippen LogP contribution in [0.4, 0.5) is 0 Å². The van der Waals surface area contributed by atoms with E-state index in [0.29, 0.717) is 19.8 Å².